The number of likely N-dealkylation sites (N-methyl/N-ethyl adjacent to an activating group) is 1. The van der Waals surface area contributed by atoms with Crippen molar-refractivity contribution in [2.24, 2.45) is 10.9 Å². The Morgan fingerprint density at radius 2 is 2.24 bits per heavy atom. The van der Waals surface area contributed by atoms with Crippen LogP contribution in [0.2, 0.25) is 0 Å². The number of benzene rings is 1. The molecule has 10 heteroatoms. The molecular formula is C19H23N4O5S+. The molecule has 3 aliphatic rings. The number of rotatable bonds is 4. The molecule has 154 valence electrons. The molecule has 9 nitrogen and oxygen atoms in total. The number of ether oxygens (including phenoxy) is 3. The molecule has 0 radical (unpaired) electrons. The summed E-state index contributed by atoms with van der Waals surface area (Å²) in [7, 11) is 5.25. The number of hydrogen-bond donors (Lipinski definition) is 2. The normalized spacial score (nSPS) is 26.0. The third-order valence-electron chi connectivity index (χ3n) is 5.64. The van der Waals surface area contributed by atoms with Gasteiger partial charge in [-0.1, -0.05) is 0 Å². The molecule has 2 unspecified atom stereocenters. The van der Waals surface area contributed by atoms with E-state index < -0.39 is 11.8 Å². The highest BCUT2D eigenvalue weighted by Crippen LogP contribution is 2.47. The molecule has 3 atom stereocenters. The van der Waals surface area contributed by atoms with Crippen LogP contribution < -0.4 is 24.4 Å². The van der Waals surface area contributed by atoms with E-state index >= 15 is 0 Å². The van der Waals surface area contributed by atoms with Crippen molar-refractivity contribution in [1.82, 2.24) is 10.2 Å². The van der Waals surface area contributed by atoms with Gasteiger partial charge in [0.05, 0.1) is 32.8 Å². The average Bonchev–Trinajstić information content (AvgIpc) is 3.17. The van der Waals surface area contributed by atoms with E-state index in [1.165, 1.54) is 23.1 Å². The van der Waals surface area contributed by atoms with Gasteiger partial charge in [0.25, 0.3) is 0 Å². The standard InChI is InChI=1S/C19H22N4O5S/c1-22-5-4-10-6-13-15(28-9-27-13)16(26-3)14(10)12(22)8-20-7-11-17(24)21-19(29)23(2)18(11)25/h6-7,11-12H,4-5,8-9H2,1-3H3,(H,21,24,29)/p+1/t11?,12-/m0/s1. The lowest BCUT2D eigenvalue weighted by molar-refractivity contribution is -0.912. The first-order valence-electron chi connectivity index (χ1n) is 9.36. The number of amides is 2. The molecule has 3 heterocycles. The van der Waals surface area contributed by atoms with Gasteiger partial charge in [-0.25, -0.2) is 0 Å². The third kappa shape index (κ3) is 3.32. The number of carbonyl (C=O) groups excluding carboxylic acids is 2. The van der Waals surface area contributed by atoms with E-state index in [0.29, 0.717) is 23.8 Å². The van der Waals surface area contributed by atoms with Crippen LogP contribution in [0.25, 0.3) is 0 Å². The van der Waals surface area contributed by atoms with Crippen LogP contribution in [-0.2, 0) is 16.0 Å². The Labute approximate surface area is 173 Å². The molecule has 1 aromatic carbocycles. The van der Waals surface area contributed by atoms with Crippen molar-refractivity contribution < 1.29 is 28.7 Å². The molecule has 3 aliphatic heterocycles. The molecule has 2 amide bonds. The first-order chi connectivity index (χ1) is 13.9. The van der Waals surface area contributed by atoms with E-state index in [4.69, 9.17) is 26.4 Å². The molecule has 29 heavy (non-hydrogen) atoms. The number of hydrogen-bond acceptors (Lipinski definition) is 7. The number of nitrogens with zero attached hydrogens (tertiary/aromatic N) is 2. The Bertz CT molecular complexity index is 918. The summed E-state index contributed by atoms with van der Waals surface area (Å²) in [5, 5.41) is 2.63. The second-order valence-corrected chi connectivity index (χ2v) is 7.69. The topological polar surface area (TPSA) is 93.9 Å². The van der Waals surface area contributed by atoms with Crippen molar-refractivity contribution in [2.45, 2.75) is 12.5 Å². The third-order valence-corrected chi connectivity index (χ3v) is 6.01. The van der Waals surface area contributed by atoms with Gasteiger partial charge < -0.3 is 24.4 Å². The average molecular weight is 419 g/mol. The van der Waals surface area contributed by atoms with E-state index in [2.05, 4.69) is 17.4 Å². The minimum absolute atomic E-state index is 0.00000908. The summed E-state index contributed by atoms with van der Waals surface area (Å²) < 4.78 is 16.8. The fraction of sp³-hybridized carbons (Fsp3) is 0.474. The highest BCUT2D eigenvalue weighted by molar-refractivity contribution is 7.80. The van der Waals surface area contributed by atoms with E-state index in [0.717, 1.165) is 24.1 Å². The number of methoxy groups -OCH3 is 1. The Kier molecular flexibility index (Phi) is 5.13. The second-order valence-electron chi connectivity index (χ2n) is 7.30. The number of nitrogens with one attached hydrogen (secondary N) is 2. The van der Waals surface area contributed by atoms with Crippen LogP contribution in [0.15, 0.2) is 11.1 Å². The van der Waals surface area contributed by atoms with Gasteiger partial charge in [0, 0.05) is 19.7 Å². The maximum Gasteiger partial charge on any atom is 0.246 e. The number of aliphatic imine (C=N–C) groups is 1. The summed E-state index contributed by atoms with van der Waals surface area (Å²) in [6.07, 6.45) is 2.30. The Balaban J connectivity index is 1.60. The van der Waals surface area contributed by atoms with Crippen molar-refractivity contribution in [2.75, 3.05) is 41.1 Å². The first kappa shape index (κ1) is 19.6. The van der Waals surface area contributed by atoms with Gasteiger partial charge in [0.15, 0.2) is 22.5 Å². The van der Waals surface area contributed by atoms with E-state index in [9.17, 15) is 9.59 Å². The van der Waals surface area contributed by atoms with Crippen molar-refractivity contribution >= 4 is 35.4 Å². The van der Waals surface area contributed by atoms with E-state index in [1.807, 2.05) is 6.07 Å². The molecule has 1 aromatic rings. The van der Waals surface area contributed by atoms with Crippen molar-refractivity contribution in [3.05, 3.63) is 17.2 Å². The number of quaternary nitrogens is 1. The van der Waals surface area contributed by atoms with Gasteiger partial charge in [-0.2, -0.15) is 0 Å². The van der Waals surface area contributed by atoms with Gasteiger partial charge in [0.2, 0.25) is 24.4 Å². The highest BCUT2D eigenvalue weighted by atomic mass is 32.1. The predicted molar refractivity (Wildman–Crippen MR) is 108 cm³/mol. The van der Waals surface area contributed by atoms with Crippen molar-refractivity contribution in [1.29, 1.82) is 0 Å². The predicted octanol–water partition coefficient (Wildman–Crippen LogP) is -0.904. The quantitative estimate of drug-likeness (QED) is 0.373. The van der Waals surface area contributed by atoms with Gasteiger partial charge in [-0.05, 0) is 23.8 Å². The van der Waals surface area contributed by atoms with Crippen LogP contribution >= 0.6 is 12.2 Å². The Morgan fingerprint density at radius 3 is 3.00 bits per heavy atom. The molecule has 1 fully saturated rings. The monoisotopic (exact) mass is 419 g/mol. The summed E-state index contributed by atoms with van der Waals surface area (Å²) in [5.74, 6) is 0.179. The van der Waals surface area contributed by atoms with Crippen LogP contribution in [0.3, 0.4) is 0 Å². The second kappa shape index (κ2) is 7.60. The molecular weight excluding hydrogens is 396 g/mol. The lowest BCUT2D eigenvalue weighted by Gasteiger charge is -2.32. The minimum Gasteiger partial charge on any atom is -0.492 e. The number of thiocarbonyl (C=S) groups is 1. The zero-order chi connectivity index (χ0) is 20.7. The summed E-state index contributed by atoms with van der Waals surface area (Å²) in [4.78, 5) is 31.5. The van der Waals surface area contributed by atoms with Crippen molar-refractivity contribution in [3.8, 4) is 17.2 Å². The molecule has 1 saturated heterocycles. The van der Waals surface area contributed by atoms with Crippen LogP contribution in [0.1, 0.15) is 17.2 Å². The van der Waals surface area contributed by atoms with Gasteiger partial charge in [0.1, 0.15) is 6.04 Å². The highest BCUT2D eigenvalue weighted by Gasteiger charge is 2.38. The Morgan fingerprint density at radius 1 is 1.45 bits per heavy atom. The molecule has 0 spiro atoms. The zero-order valence-corrected chi connectivity index (χ0v) is 17.3. The summed E-state index contributed by atoms with van der Waals surface area (Å²) in [6.45, 7) is 1.50. The van der Waals surface area contributed by atoms with Crippen molar-refractivity contribution in [3.63, 3.8) is 0 Å². The van der Waals surface area contributed by atoms with Crippen LogP contribution in [0, 0.1) is 5.92 Å². The SMILES string of the molecule is COc1c2c(cc3c1[C@H](CN=CC1C(=O)NC(=S)N(C)C1=O)[NH+](C)CC3)OCO2. The van der Waals surface area contributed by atoms with Gasteiger partial charge in [-0.3, -0.25) is 19.5 Å². The zero-order valence-electron chi connectivity index (χ0n) is 16.5. The van der Waals surface area contributed by atoms with E-state index in [-0.39, 0.29) is 23.9 Å². The van der Waals surface area contributed by atoms with Crippen LogP contribution in [-0.4, -0.2) is 69.1 Å². The molecule has 0 aromatic heterocycles. The summed E-state index contributed by atoms with van der Waals surface area (Å²) in [5.41, 5.74) is 2.18. The smallest absolute Gasteiger partial charge is 0.246 e. The molecule has 4 rings (SSSR count). The van der Waals surface area contributed by atoms with Gasteiger partial charge in [-0.15, -0.1) is 0 Å². The Hall–Kier alpha value is -2.72. The molecule has 0 saturated carbocycles. The number of carbonyl (C=O) groups is 2. The fourth-order valence-corrected chi connectivity index (χ4v) is 4.15. The van der Waals surface area contributed by atoms with Crippen LogP contribution in [0.4, 0.5) is 0 Å². The summed E-state index contributed by atoms with van der Waals surface area (Å²) >= 11 is 4.97. The van der Waals surface area contributed by atoms with E-state index in [1.54, 1.807) is 7.11 Å². The summed E-state index contributed by atoms with van der Waals surface area (Å²) in [6, 6.07) is 2.01. The largest absolute Gasteiger partial charge is 0.492 e. The van der Waals surface area contributed by atoms with Crippen LogP contribution in [0.5, 0.6) is 17.2 Å². The molecule has 0 bridgehead atoms. The lowest BCUT2D eigenvalue weighted by Crippen LogP contribution is -3.10. The first-order valence-corrected chi connectivity index (χ1v) is 9.77. The fourth-order valence-electron chi connectivity index (χ4n) is 3.96. The van der Waals surface area contributed by atoms with Gasteiger partial charge >= 0.3 is 0 Å². The maximum absolute atomic E-state index is 12.4. The lowest BCUT2D eigenvalue weighted by atomic mass is 9.91. The molecule has 0 aliphatic carbocycles. The maximum atomic E-state index is 12.4. The molecule has 2 N–H and O–H groups in total. The number of fused-ring (bicyclic) bond motifs is 2. The minimum atomic E-state index is -0.978.